The Morgan fingerprint density at radius 3 is 0.700 bits per heavy atom. The van der Waals surface area contributed by atoms with E-state index in [1.807, 2.05) is 0 Å². The van der Waals surface area contributed by atoms with Crippen LogP contribution in [0.3, 0.4) is 0 Å². The molecule has 30 heavy (non-hydrogen) atoms. The molecule has 0 aromatic rings. The SMILES string of the molecule is CCCCCCCCCCCCCCCCCCCCCCCCCCCC[P]C. The normalized spacial score (nSPS) is 11.8. The summed E-state index contributed by atoms with van der Waals surface area (Å²) in [5, 5.41) is 0. The fourth-order valence-corrected chi connectivity index (χ4v) is 5.13. The maximum absolute atomic E-state index is 2.31. The fourth-order valence-electron chi connectivity index (χ4n) is 4.59. The van der Waals surface area contributed by atoms with Crippen molar-refractivity contribution in [2.75, 3.05) is 12.8 Å². The lowest BCUT2D eigenvalue weighted by molar-refractivity contribution is 0.516. The molecule has 0 nitrogen and oxygen atoms in total. The Bertz CT molecular complexity index is 248. The van der Waals surface area contributed by atoms with E-state index in [1.54, 1.807) is 8.58 Å². The van der Waals surface area contributed by atoms with Crippen molar-refractivity contribution in [3.8, 4) is 0 Å². The molecule has 0 N–H and O–H groups in total. The zero-order valence-corrected chi connectivity index (χ0v) is 22.4. The number of rotatable bonds is 27. The summed E-state index contributed by atoms with van der Waals surface area (Å²) in [5.41, 5.74) is 0. The van der Waals surface area contributed by atoms with Crippen molar-refractivity contribution in [3.05, 3.63) is 0 Å². The van der Waals surface area contributed by atoms with Crippen LogP contribution >= 0.6 is 8.58 Å². The minimum Gasteiger partial charge on any atom is -0.0844 e. The van der Waals surface area contributed by atoms with Gasteiger partial charge in [-0.1, -0.05) is 176 Å². The summed E-state index contributed by atoms with van der Waals surface area (Å²) < 4.78 is 0. The molecule has 0 heterocycles. The molecule has 0 aromatic heterocycles. The van der Waals surface area contributed by atoms with E-state index in [0.29, 0.717) is 0 Å². The Morgan fingerprint density at radius 1 is 0.300 bits per heavy atom. The second kappa shape index (κ2) is 29.4. The van der Waals surface area contributed by atoms with Gasteiger partial charge in [-0.15, -0.1) is 0 Å². The molecular weight excluding hydrogens is 379 g/mol. The smallest absolute Gasteiger partial charge is 0.0290 e. The van der Waals surface area contributed by atoms with Crippen molar-refractivity contribution >= 4 is 8.58 Å². The average Bonchev–Trinajstić information content (AvgIpc) is 2.76. The van der Waals surface area contributed by atoms with Gasteiger partial charge < -0.3 is 0 Å². The molecule has 0 aromatic carbocycles. The standard InChI is InChI=1S/C29H60P/c1-3-4-5-6-7-8-9-10-11-12-13-14-15-16-17-18-19-20-21-22-23-24-25-26-27-28-29-30-2/h3-29H2,1-2H3. The fraction of sp³-hybridized carbons (Fsp3) is 1.00. The lowest BCUT2D eigenvalue weighted by Gasteiger charge is -2.04. The quantitative estimate of drug-likeness (QED) is 0.0881. The van der Waals surface area contributed by atoms with E-state index in [2.05, 4.69) is 13.6 Å². The van der Waals surface area contributed by atoms with Gasteiger partial charge in [-0.05, 0) is 19.2 Å². The van der Waals surface area contributed by atoms with E-state index >= 15 is 0 Å². The lowest BCUT2D eigenvalue weighted by atomic mass is 10.0. The highest BCUT2D eigenvalue weighted by atomic mass is 31.1. The number of hydrogen-bond acceptors (Lipinski definition) is 0. The summed E-state index contributed by atoms with van der Waals surface area (Å²) in [4.78, 5) is 0. The Labute approximate surface area is 195 Å². The minimum absolute atomic E-state index is 1.37. The van der Waals surface area contributed by atoms with Gasteiger partial charge in [0.15, 0.2) is 0 Å². The van der Waals surface area contributed by atoms with Gasteiger partial charge >= 0.3 is 0 Å². The molecule has 0 saturated carbocycles. The van der Waals surface area contributed by atoms with E-state index < -0.39 is 0 Å². The first-order chi connectivity index (χ1) is 14.9. The molecule has 1 radical (unpaired) electrons. The molecule has 0 unspecified atom stereocenters. The highest BCUT2D eigenvalue weighted by molar-refractivity contribution is 7.36. The van der Waals surface area contributed by atoms with Crippen LogP contribution in [0.2, 0.25) is 0 Å². The second-order valence-corrected chi connectivity index (χ2v) is 11.0. The first kappa shape index (κ1) is 30.4. The van der Waals surface area contributed by atoms with Gasteiger partial charge in [-0.3, -0.25) is 0 Å². The monoisotopic (exact) mass is 439 g/mol. The van der Waals surface area contributed by atoms with Crippen LogP contribution < -0.4 is 0 Å². The van der Waals surface area contributed by atoms with Crippen LogP contribution in [0.25, 0.3) is 0 Å². The van der Waals surface area contributed by atoms with Crippen LogP contribution in [-0.4, -0.2) is 12.8 Å². The van der Waals surface area contributed by atoms with Gasteiger partial charge in [-0.2, -0.15) is 0 Å². The first-order valence-corrected chi connectivity index (χ1v) is 16.0. The third kappa shape index (κ3) is 28.4. The third-order valence-electron chi connectivity index (χ3n) is 6.74. The van der Waals surface area contributed by atoms with E-state index in [9.17, 15) is 0 Å². The largest absolute Gasteiger partial charge is 0.0844 e. The van der Waals surface area contributed by atoms with Gasteiger partial charge in [0.25, 0.3) is 0 Å². The van der Waals surface area contributed by atoms with Crippen LogP contribution in [-0.2, 0) is 0 Å². The Balaban J connectivity index is 2.97. The molecule has 0 atom stereocenters. The Hall–Kier alpha value is 0.430. The van der Waals surface area contributed by atoms with Crippen LogP contribution in [0.5, 0.6) is 0 Å². The van der Waals surface area contributed by atoms with Crippen LogP contribution in [0, 0.1) is 0 Å². The summed E-state index contributed by atoms with van der Waals surface area (Å²) in [6, 6.07) is 0. The average molecular weight is 440 g/mol. The highest BCUT2D eigenvalue weighted by Gasteiger charge is 1.96. The van der Waals surface area contributed by atoms with Crippen molar-refractivity contribution in [2.24, 2.45) is 0 Å². The summed E-state index contributed by atoms with van der Waals surface area (Å²) >= 11 is 0. The highest BCUT2D eigenvalue weighted by Crippen LogP contribution is 2.16. The molecule has 0 saturated heterocycles. The van der Waals surface area contributed by atoms with Gasteiger partial charge in [0.05, 0.1) is 0 Å². The molecular formula is C29H60P. The van der Waals surface area contributed by atoms with E-state index in [-0.39, 0.29) is 0 Å². The van der Waals surface area contributed by atoms with Crippen LogP contribution in [0.1, 0.15) is 174 Å². The van der Waals surface area contributed by atoms with Crippen molar-refractivity contribution < 1.29 is 0 Å². The lowest BCUT2D eigenvalue weighted by Crippen LogP contribution is -1.85. The zero-order valence-electron chi connectivity index (χ0n) is 21.5. The van der Waals surface area contributed by atoms with Crippen molar-refractivity contribution in [2.45, 2.75) is 174 Å². The molecule has 181 valence electrons. The number of unbranched alkanes of at least 4 members (excludes halogenated alkanes) is 25. The van der Waals surface area contributed by atoms with E-state index in [4.69, 9.17) is 0 Å². The topological polar surface area (TPSA) is 0 Å². The molecule has 0 aliphatic heterocycles. The summed E-state index contributed by atoms with van der Waals surface area (Å²) in [6.45, 7) is 4.58. The molecule has 0 amide bonds. The Morgan fingerprint density at radius 2 is 0.500 bits per heavy atom. The maximum atomic E-state index is 2.31. The Kier molecular flexibility index (Phi) is 29.9. The van der Waals surface area contributed by atoms with Gasteiger partial charge in [0.1, 0.15) is 0 Å². The molecule has 0 spiro atoms. The van der Waals surface area contributed by atoms with Gasteiger partial charge in [-0.25, -0.2) is 0 Å². The van der Waals surface area contributed by atoms with Gasteiger partial charge in [0, 0.05) is 0 Å². The van der Waals surface area contributed by atoms with Crippen molar-refractivity contribution in [1.29, 1.82) is 0 Å². The molecule has 1 heteroatoms. The molecule has 0 aliphatic rings. The zero-order chi connectivity index (χ0) is 21.8. The van der Waals surface area contributed by atoms with Crippen molar-refractivity contribution in [1.82, 2.24) is 0 Å². The van der Waals surface area contributed by atoms with E-state index in [0.717, 1.165) is 0 Å². The van der Waals surface area contributed by atoms with Crippen LogP contribution in [0.15, 0.2) is 0 Å². The second-order valence-electron chi connectivity index (χ2n) is 9.88. The van der Waals surface area contributed by atoms with Crippen molar-refractivity contribution in [3.63, 3.8) is 0 Å². The molecule has 0 fully saturated rings. The van der Waals surface area contributed by atoms with Crippen LogP contribution in [0.4, 0.5) is 0 Å². The van der Waals surface area contributed by atoms with Gasteiger partial charge in [0.2, 0.25) is 0 Å². The first-order valence-electron chi connectivity index (χ1n) is 14.5. The predicted molar refractivity (Wildman–Crippen MR) is 143 cm³/mol. The maximum Gasteiger partial charge on any atom is -0.0290 e. The number of hydrogen-bond donors (Lipinski definition) is 0. The molecule has 0 aliphatic carbocycles. The third-order valence-corrected chi connectivity index (χ3v) is 7.50. The molecule has 0 rings (SSSR count). The van der Waals surface area contributed by atoms with E-state index in [1.165, 1.54) is 173 Å². The summed E-state index contributed by atoms with van der Waals surface area (Å²) in [6.07, 6.45) is 39.9. The minimum atomic E-state index is 1.37. The molecule has 0 bridgehead atoms. The summed E-state index contributed by atoms with van der Waals surface area (Å²) in [5.74, 6) is 0. The summed E-state index contributed by atoms with van der Waals surface area (Å²) in [7, 11) is 1.58. The predicted octanol–water partition coefficient (Wildman–Crippen LogP) is 11.7.